The van der Waals surface area contributed by atoms with Crippen LogP contribution in [0.5, 0.6) is 0 Å². The van der Waals surface area contributed by atoms with Gasteiger partial charge in [-0.05, 0) is 30.8 Å². The predicted octanol–water partition coefficient (Wildman–Crippen LogP) is 3.03. The average molecular weight is 322 g/mol. The van der Waals surface area contributed by atoms with Gasteiger partial charge >= 0.3 is 0 Å². The molecule has 1 aromatic carbocycles. The molecule has 0 heterocycles. The molecule has 0 saturated heterocycles. The van der Waals surface area contributed by atoms with Crippen molar-refractivity contribution in [1.29, 1.82) is 0 Å². The minimum Gasteiger partial charge on any atom is -0.378 e. The number of nitrogens with one attached hydrogen (secondary N) is 1. The molecule has 0 fully saturated rings. The van der Waals surface area contributed by atoms with Crippen molar-refractivity contribution in [3.05, 3.63) is 29.8 Å². The Morgan fingerprint density at radius 2 is 1.50 bits per heavy atom. The summed E-state index contributed by atoms with van der Waals surface area (Å²) in [7, 11) is 4.13. The Balaban J connectivity index is 0. The molecular weight excluding hydrogens is 293 g/mol. The van der Waals surface area contributed by atoms with Crippen molar-refractivity contribution in [3.63, 3.8) is 0 Å². The molecule has 20 heavy (non-hydrogen) atoms. The standard InChI is InChI=1S/C15H27N3.2ClH/c1-5-18(6-2)12-11-16-13-14-7-9-15(10-8-14)17(3)4;;/h7-10,16H,5-6,11-13H2,1-4H3;2*1H. The lowest BCUT2D eigenvalue weighted by Crippen LogP contribution is -2.31. The molecule has 0 unspecified atom stereocenters. The minimum absolute atomic E-state index is 0. The third-order valence-corrected chi connectivity index (χ3v) is 3.28. The molecule has 1 N–H and O–H groups in total. The number of nitrogens with zero attached hydrogens (tertiary/aromatic N) is 2. The fraction of sp³-hybridized carbons (Fsp3) is 0.600. The van der Waals surface area contributed by atoms with Gasteiger partial charge in [0, 0.05) is 39.4 Å². The molecular formula is C15H29Cl2N3. The van der Waals surface area contributed by atoms with Gasteiger partial charge in [-0.25, -0.2) is 0 Å². The molecule has 0 saturated carbocycles. The molecule has 0 aliphatic carbocycles. The van der Waals surface area contributed by atoms with Crippen LogP contribution in [0.25, 0.3) is 0 Å². The monoisotopic (exact) mass is 321 g/mol. The molecule has 1 aromatic rings. The van der Waals surface area contributed by atoms with Crippen LogP contribution in [0, 0.1) is 0 Å². The van der Waals surface area contributed by atoms with E-state index in [1.807, 2.05) is 0 Å². The third-order valence-electron chi connectivity index (χ3n) is 3.28. The average Bonchev–Trinajstić information content (AvgIpc) is 2.39. The Kier molecular flexibility index (Phi) is 13.4. The summed E-state index contributed by atoms with van der Waals surface area (Å²) in [5.74, 6) is 0. The topological polar surface area (TPSA) is 18.5 Å². The normalized spacial score (nSPS) is 9.85. The van der Waals surface area contributed by atoms with Crippen LogP contribution in [0.3, 0.4) is 0 Å². The van der Waals surface area contributed by atoms with E-state index in [-0.39, 0.29) is 24.8 Å². The zero-order valence-electron chi connectivity index (χ0n) is 13.1. The van der Waals surface area contributed by atoms with Crippen molar-refractivity contribution in [2.45, 2.75) is 20.4 Å². The molecule has 0 aliphatic heterocycles. The maximum atomic E-state index is 3.49. The first kappa shape index (κ1) is 21.8. The van der Waals surface area contributed by atoms with Crippen LogP contribution in [0.2, 0.25) is 0 Å². The van der Waals surface area contributed by atoms with Gasteiger partial charge in [0.05, 0.1) is 0 Å². The lowest BCUT2D eigenvalue weighted by Gasteiger charge is -2.18. The highest BCUT2D eigenvalue weighted by Gasteiger charge is 1.99. The Hall–Kier alpha value is -0.480. The van der Waals surface area contributed by atoms with Crippen molar-refractivity contribution in [1.82, 2.24) is 10.2 Å². The fourth-order valence-electron chi connectivity index (χ4n) is 1.92. The molecule has 0 radical (unpaired) electrons. The Labute approximate surface area is 136 Å². The van der Waals surface area contributed by atoms with Crippen molar-refractivity contribution in [2.24, 2.45) is 0 Å². The Morgan fingerprint density at radius 1 is 0.950 bits per heavy atom. The number of anilines is 1. The molecule has 3 nitrogen and oxygen atoms in total. The van der Waals surface area contributed by atoms with Gasteiger partial charge in [-0.1, -0.05) is 26.0 Å². The van der Waals surface area contributed by atoms with Crippen LogP contribution < -0.4 is 10.2 Å². The minimum atomic E-state index is 0. The van der Waals surface area contributed by atoms with Gasteiger partial charge < -0.3 is 15.1 Å². The van der Waals surface area contributed by atoms with Crippen LogP contribution in [-0.2, 0) is 6.54 Å². The predicted molar refractivity (Wildman–Crippen MR) is 94.8 cm³/mol. The number of halogens is 2. The van der Waals surface area contributed by atoms with Gasteiger partial charge in [-0.2, -0.15) is 0 Å². The van der Waals surface area contributed by atoms with Crippen LogP contribution in [0.15, 0.2) is 24.3 Å². The molecule has 0 amide bonds. The maximum Gasteiger partial charge on any atom is 0.0361 e. The second-order valence-electron chi connectivity index (χ2n) is 4.76. The van der Waals surface area contributed by atoms with E-state index in [1.54, 1.807) is 0 Å². The first-order valence-corrected chi connectivity index (χ1v) is 6.86. The summed E-state index contributed by atoms with van der Waals surface area (Å²) in [4.78, 5) is 4.56. The molecule has 0 aromatic heterocycles. The van der Waals surface area contributed by atoms with E-state index < -0.39 is 0 Å². The van der Waals surface area contributed by atoms with E-state index in [4.69, 9.17) is 0 Å². The quantitative estimate of drug-likeness (QED) is 0.742. The van der Waals surface area contributed by atoms with Crippen molar-refractivity contribution in [3.8, 4) is 0 Å². The fourth-order valence-corrected chi connectivity index (χ4v) is 1.92. The van der Waals surface area contributed by atoms with Crippen molar-refractivity contribution < 1.29 is 0 Å². The second kappa shape index (κ2) is 12.3. The first-order valence-electron chi connectivity index (χ1n) is 6.86. The highest BCUT2D eigenvalue weighted by atomic mass is 35.5. The number of hydrogen-bond acceptors (Lipinski definition) is 3. The first-order chi connectivity index (χ1) is 8.67. The smallest absolute Gasteiger partial charge is 0.0361 e. The molecule has 0 atom stereocenters. The van der Waals surface area contributed by atoms with E-state index in [0.717, 1.165) is 32.7 Å². The maximum absolute atomic E-state index is 3.49. The molecule has 5 heteroatoms. The van der Waals surface area contributed by atoms with E-state index in [9.17, 15) is 0 Å². The zero-order valence-corrected chi connectivity index (χ0v) is 14.7. The van der Waals surface area contributed by atoms with Gasteiger partial charge in [-0.3, -0.25) is 0 Å². The van der Waals surface area contributed by atoms with Gasteiger partial charge in [-0.15, -0.1) is 24.8 Å². The Bertz CT molecular complexity index is 324. The summed E-state index contributed by atoms with van der Waals surface area (Å²) >= 11 is 0. The Morgan fingerprint density at radius 3 is 1.95 bits per heavy atom. The number of hydrogen-bond donors (Lipinski definition) is 1. The van der Waals surface area contributed by atoms with Gasteiger partial charge in [0.1, 0.15) is 0 Å². The molecule has 0 bridgehead atoms. The van der Waals surface area contributed by atoms with E-state index in [1.165, 1.54) is 11.3 Å². The van der Waals surface area contributed by atoms with Crippen LogP contribution in [-0.4, -0.2) is 45.2 Å². The molecule has 0 aliphatic rings. The van der Waals surface area contributed by atoms with Crippen molar-refractivity contribution >= 4 is 30.5 Å². The van der Waals surface area contributed by atoms with Crippen LogP contribution in [0.4, 0.5) is 5.69 Å². The van der Waals surface area contributed by atoms with E-state index in [0.29, 0.717) is 0 Å². The number of likely N-dealkylation sites (N-methyl/N-ethyl adjacent to an activating group) is 1. The molecule has 118 valence electrons. The van der Waals surface area contributed by atoms with E-state index in [2.05, 4.69) is 67.3 Å². The largest absolute Gasteiger partial charge is 0.378 e. The van der Waals surface area contributed by atoms with Gasteiger partial charge in [0.15, 0.2) is 0 Å². The van der Waals surface area contributed by atoms with Crippen molar-refractivity contribution in [2.75, 3.05) is 45.2 Å². The summed E-state index contributed by atoms with van der Waals surface area (Å²) in [6, 6.07) is 8.72. The summed E-state index contributed by atoms with van der Waals surface area (Å²) in [5.41, 5.74) is 2.60. The highest BCUT2D eigenvalue weighted by Crippen LogP contribution is 2.11. The van der Waals surface area contributed by atoms with Crippen LogP contribution in [0.1, 0.15) is 19.4 Å². The zero-order chi connectivity index (χ0) is 13.4. The number of benzene rings is 1. The van der Waals surface area contributed by atoms with E-state index >= 15 is 0 Å². The molecule has 0 spiro atoms. The summed E-state index contributed by atoms with van der Waals surface area (Å²) < 4.78 is 0. The van der Waals surface area contributed by atoms with Gasteiger partial charge in [0.25, 0.3) is 0 Å². The molecule has 1 rings (SSSR count). The lowest BCUT2D eigenvalue weighted by molar-refractivity contribution is 0.302. The second-order valence-corrected chi connectivity index (χ2v) is 4.76. The summed E-state index contributed by atoms with van der Waals surface area (Å²) in [5, 5.41) is 3.49. The number of rotatable bonds is 8. The third kappa shape index (κ3) is 7.95. The van der Waals surface area contributed by atoms with Crippen LogP contribution >= 0.6 is 24.8 Å². The highest BCUT2D eigenvalue weighted by molar-refractivity contribution is 5.85. The van der Waals surface area contributed by atoms with Gasteiger partial charge in [0.2, 0.25) is 0 Å². The summed E-state index contributed by atoms with van der Waals surface area (Å²) in [6.45, 7) is 9.83. The SMILES string of the molecule is CCN(CC)CCNCc1ccc(N(C)C)cc1.Cl.Cl. The summed E-state index contributed by atoms with van der Waals surface area (Å²) in [6.07, 6.45) is 0. The lowest BCUT2D eigenvalue weighted by atomic mass is 10.2.